The molecule has 4 nitrogen and oxygen atoms in total. The molecule has 0 radical (unpaired) electrons. The van der Waals surface area contributed by atoms with Gasteiger partial charge in [-0.05, 0) is 56.7 Å². The van der Waals surface area contributed by atoms with E-state index in [1.54, 1.807) is 12.1 Å². The zero-order chi connectivity index (χ0) is 20.6. The molecule has 0 bridgehead atoms. The van der Waals surface area contributed by atoms with Crippen LogP contribution in [0, 0.1) is 0 Å². The second-order valence-corrected chi connectivity index (χ2v) is 8.51. The molecule has 1 aliphatic rings. The fourth-order valence-corrected chi connectivity index (χ4v) is 3.88. The van der Waals surface area contributed by atoms with E-state index in [4.69, 9.17) is 34.8 Å². The van der Waals surface area contributed by atoms with Crippen molar-refractivity contribution in [2.75, 3.05) is 11.9 Å². The molecule has 3 rings (SSSR count). The number of allylic oxidation sites excluding steroid dienone is 1. The molecule has 2 aromatic rings. The van der Waals surface area contributed by atoms with Crippen LogP contribution in [0.1, 0.15) is 42.3 Å². The summed E-state index contributed by atoms with van der Waals surface area (Å²) in [6.45, 7) is 6.38. The molecule has 146 valence electrons. The largest absolute Gasteiger partial charge is 0.365 e. The van der Waals surface area contributed by atoms with Gasteiger partial charge in [0.25, 0.3) is 5.91 Å². The average Bonchev–Trinajstić information content (AvgIpc) is 2.60. The Morgan fingerprint density at radius 1 is 1.14 bits per heavy atom. The maximum absolute atomic E-state index is 12.3. The van der Waals surface area contributed by atoms with Gasteiger partial charge in [-0.3, -0.25) is 4.79 Å². The van der Waals surface area contributed by atoms with Crippen molar-refractivity contribution >= 4 is 58.2 Å². The minimum Gasteiger partial charge on any atom is -0.365 e. The molecule has 1 amide bonds. The number of nitrogens with one attached hydrogen (secondary N) is 1. The number of halogens is 3. The number of hydrazone groups is 1. The number of hydrogen-bond donors (Lipinski definition) is 1. The Morgan fingerprint density at radius 3 is 2.54 bits per heavy atom. The number of hydrogen-bond acceptors (Lipinski definition) is 3. The van der Waals surface area contributed by atoms with E-state index >= 15 is 0 Å². The molecular weight excluding hydrogens is 417 g/mol. The van der Waals surface area contributed by atoms with Gasteiger partial charge in [-0.25, -0.2) is 5.43 Å². The van der Waals surface area contributed by atoms with Gasteiger partial charge in [0, 0.05) is 28.9 Å². The first-order valence-electron chi connectivity index (χ1n) is 8.66. The molecule has 0 saturated heterocycles. The highest BCUT2D eigenvalue weighted by Gasteiger charge is 2.29. The van der Waals surface area contributed by atoms with E-state index < -0.39 is 5.91 Å². The van der Waals surface area contributed by atoms with E-state index in [0.717, 1.165) is 11.3 Å². The Bertz CT molecular complexity index is 1010. The summed E-state index contributed by atoms with van der Waals surface area (Å²) >= 11 is 18.4. The van der Waals surface area contributed by atoms with Gasteiger partial charge in [-0.2, -0.15) is 5.10 Å². The number of carbonyl (C=O) groups excluding carboxylic acids is 1. The first-order chi connectivity index (χ1) is 13.1. The van der Waals surface area contributed by atoms with Crippen LogP contribution in [0.25, 0.3) is 5.57 Å². The van der Waals surface area contributed by atoms with Crippen LogP contribution < -0.4 is 10.3 Å². The molecule has 1 N–H and O–H groups in total. The molecule has 28 heavy (non-hydrogen) atoms. The van der Waals surface area contributed by atoms with Gasteiger partial charge in [-0.1, -0.05) is 40.9 Å². The van der Waals surface area contributed by atoms with E-state index in [1.165, 1.54) is 17.9 Å². The van der Waals surface area contributed by atoms with Crippen LogP contribution in [0.4, 0.5) is 5.69 Å². The van der Waals surface area contributed by atoms with E-state index in [2.05, 4.69) is 42.3 Å². The lowest BCUT2D eigenvalue weighted by atomic mass is 9.88. The normalized spacial score (nSPS) is 15.4. The Balaban J connectivity index is 1.84. The smallest absolute Gasteiger partial charge is 0.272 e. The van der Waals surface area contributed by atoms with Crippen molar-refractivity contribution in [1.82, 2.24) is 5.43 Å². The summed E-state index contributed by atoms with van der Waals surface area (Å²) in [7, 11) is 2.04. The van der Waals surface area contributed by atoms with Crippen LogP contribution in [0.2, 0.25) is 15.1 Å². The molecule has 0 aliphatic carbocycles. The molecule has 1 heterocycles. The topological polar surface area (TPSA) is 44.7 Å². The SMILES string of the molecule is CC1=CC(C)(C)N(C)c2cc(Cl)c(/C=N/NC(=O)c3ccc(Cl)cc3Cl)cc21. The number of benzene rings is 2. The van der Waals surface area contributed by atoms with Gasteiger partial charge >= 0.3 is 0 Å². The van der Waals surface area contributed by atoms with Crippen LogP contribution >= 0.6 is 34.8 Å². The second-order valence-electron chi connectivity index (χ2n) is 7.25. The first-order valence-corrected chi connectivity index (χ1v) is 9.79. The number of rotatable bonds is 3. The molecular formula is C21H20Cl3N3O. The highest BCUT2D eigenvalue weighted by atomic mass is 35.5. The quantitative estimate of drug-likeness (QED) is 0.471. The van der Waals surface area contributed by atoms with Crippen molar-refractivity contribution in [2.45, 2.75) is 26.3 Å². The van der Waals surface area contributed by atoms with Gasteiger partial charge in [0.2, 0.25) is 0 Å². The minimum atomic E-state index is -0.426. The lowest BCUT2D eigenvalue weighted by molar-refractivity contribution is 0.0955. The summed E-state index contributed by atoms with van der Waals surface area (Å²) in [5.74, 6) is -0.426. The Morgan fingerprint density at radius 2 is 1.86 bits per heavy atom. The minimum absolute atomic E-state index is 0.0954. The van der Waals surface area contributed by atoms with Crippen LogP contribution in [-0.4, -0.2) is 24.7 Å². The number of carbonyl (C=O) groups is 1. The lowest BCUT2D eigenvalue weighted by Gasteiger charge is -2.40. The number of anilines is 1. The number of fused-ring (bicyclic) bond motifs is 1. The Labute approximate surface area is 179 Å². The third-order valence-corrected chi connectivity index (χ3v) is 5.76. The van der Waals surface area contributed by atoms with E-state index in [-0.39, 0.29) is 10.6 Å². The highest BCUT2D eigenvalue weighted by Crippen LogP contribution is 2.40. The number of amides is 1. The van der Waals surface area contributed by atoms with Gasteiger partial charge < -0.3 is 4.90 Å². The van der Waals surface area contributed by atoms with Crippen molar-refractivity contribution in [3.63, 3.8) is 0 Å². The average molecular weight is 437 g/mol. The van der Waals surface area contributed by atoms with Crippen molar-refractivity contribution < 1.29 is 4.79 Å². The lowest BCUT2D eigenvalue weighted by Crippen LogP contribution is -2.42. The molecule has 0 atom stereocenters. The molecule has 0 spiro atoms. The van der Waals surface area contributed by atoms with Gasteiger partial charge in [0.1, 0.15) is 0 Å². The first kappa shape index (κ1) is 20.7. The van der Waals surface area contributed by atoms with Gasteiger partial charge in [0.05, 0.1) is 27.4 Å². The van der Waals surface area contributed by atoms with Crippen molar-refractivity contribution in [3.05, 3.63) is 68.2 Å². The van der Waals surface area contributed by atoms with Gasteiger partial charge in [-0.15, -0.1) is 0 Å². The van der Waals surface area contributed by atoms with Crippen LogP contribution in [0.5, 0.6) is 0 Å². The van der Waals surface area contributed by atoms with Gasteiger partial charge in [0.15, 0.2) is 0 Å². The maximum atomic E-state index is 12.3. The van der Waals surface area contributed by atoms with Crippen molar-refractivity contribution in [1.29, 1.82) is 0 Å². The molecule has 0 aromatic heterocycles. The van der Waals surface area contributed by atoms with Crippen molar-refractivity contribution in [3.8, 4) is 0 Å². The van der Waals surface area contributed by atoms with E-state index in [9.17, 15) is 4.79 Å². The number of nitrogens with zero attached hydrogens (tertiary/aromatic N) is 2. The summed E-state index contributed by atoms with van der Waals surface area (Å²) in [5, 5.41) is 5.31. The summed E-state index contributed by atoms with van der Waals surface area (Å²) in [6, 6.07) is 8.55. The van der Waals surface area contributed by atoms with Crippen molar-refractivity contribution in [2.24, 2.45) is 5.10 Å². The van der Waals surface area contributed by atoms with Crippen LogP contribution in [-0.2, 0) is 0 Å². The van der Waals surface area contributed by atoms with E-state index in [1.807, 2.05) is 19.2 Å². The summed E-state index contributed by atoms with van der Waals surface area (Å²) in [6.07, 6.45) is 3.74. The highest BCUT2D eigenvalue weighted by molar-refractivity contribution is 6.36. The summed E-state index contributed by atoms with van der Waals surface area (Å²) in [5.41, 5.74) is 6.69. The third kappa shape index (κ3) is 4.04. The molecule has 0 fully saturated rings. The number of likely N-dealkylation sites (N-methyl/N-ethyl adjacent to an activating group) is 1. The van der Waals surface area contributed by atoms with E-state index in [0.29, 0.717) is 21.2 Å². The predicted molar refractivity (Wildman–Crippen MR) is 119 cm³/mol. The fraction of sp³-hybridized carbons (Fsp3) is 0.238. The molecule has 2 aromatic carbocycles. The molecule has 0 unspecified atom stereocenters. The second kappa shape index (κ2) is 7.78. The molecule has 7 heteroatoms. The van der Waals surface area contributed by atoms with Crippen LogP contribution in [0.3, 0.4) is 0 Å². The summed E-state index contributed by atoms with van der Waals surface area (Å²) < 4.78 is 0. The predicted octanol–water partition coefficient (Wildman–Crippen LogP) is 6.04. The fourth-order valence-electron chi connectivity index (χ4n) is 3.18. The Hall–Kier alpha value is -2.01. The zero-order valence-corrected chi connectivity index (χ0v) is 18.2. The Kier molecular flexibility index (Phi) is 5.76. The summed E-state index contributed by atoms with van der Waals surface area (Å²) in [4.78, 5) is 14.4. The molecule has 1 aliphatic heterocycles. The maximum Gasteiger partial charge on any atom is 0.272 e. The zero-order valence-electron chi connectivity index (χ0n) is 16.0. The standard InChI is InChI=1S/C21H20Cl3N3O/c1-12-10-21(2,3)27(4)19-9-17(23)13(7-16(12)19)11-25-26-20(28)15-6-5-14(22)8-18(15)24/h5-11H,1-4H3,(H,26,28)/b25-11+. The van der Waals surface area contributed by atoms with Crippen LogP contribution in [0.15, 0.2) is 41.5 Å². The third-order valence-electron chi connectivity index (χ3n) is 4.88. The molecule has 0 saturated carbocycles. The monoisotopic (exact) mass is 435 g/mol.